The van der Waals surface area contributed by atoms with Crippen molar-refractivity contribution in [2.75, 3.05) is 25.5 Å². The minimum absolute atomic E-state index is 0.894. The zero-order valence-electron chi connectivity index (χ0n) is 11.5. The van der Waals surface area contributed by atoms with Crippen LogP contribution in [0.3, 0.4) is 0 Å². The van der Waals surface area contributed by atoms with Gasteiger partial charge in [0.25, 0.3) is 0 Å². The first-order valence-corrected chi connectivity index (χ1v) is 6.54. The lowest BCUT2D eigenvalue weighted by Crippen LogP contribution is -2.32. The zero-order chi connectivity index (χ0) is 12.4. The SMILES string of the molecule is CNc1c(CN2CCC(C)CC2)c(C)nn1C. The number of hydrogen-bond acceptors (Lipinski definition) is 3. The average molecular weight is 236 g/mol. The minimum Gasteiger partial charge on any atom is -0.373 e. The van der Waals surface area contributed by atoms with Gasteiger partial charge in [-0.25, -0.2) is 0 Å². The molecule has 0 aliphatic carbocycles. The van der Waals surface area contributed by atoms with Crippen molar-refractivity contribution in [3.63, 3.8) is 0 Å². The van der Waals surface area contributed by atoms with Crippen molar-refractivity contribution in [3.05, 3.63) is 11.3 Å². The van der Waals surface area contributed by atoms with Crippen molar-refractivity contribution in [1.29, 1.82) is 0 Å². The normalized spacial score (nSPS) is 18.6. The van der Waals surface area contributed by atoms with Crippen molar-refractivity contribution < 1.29 is 0 Å². The molecule has 1 aromatic rings. The second-order valence-electron chi connectivity index (χ2n) is 5.24. The van der Waals surface area contributed by atoms with Crippen LogP contribution in [0, 0.1) is 12.8 Å². The fourth-order valence-electron chi connectivity index (χ4n) is 2.65. The van der Waals surface area contributed by atoms with Crippen LogP contribution in [-0.4, -0.2) is 34.8 Å². The van der Waals surface area contributed by atoms with E-state index in [0.717, 1.165) is 24.0 Å². The number of hydrogen-bond donors (Lipinski definition) is 1. The van der Waals surface area contributed by atoms with Crippen LogP contribution in [-0.2, 0) is 13.6 Å². The molecule has 1 fully saturated rings. The number of anilines is 1. The maximum atomic E-state index is 4.49. The summed E-state index contributed by atoms with van der Waals surface area (Å²) in [4.78, 5) is 2.55. The van der Waals surface area contributed by atoms with E-state index in [1.54, 1.807) is 0 Å². The van der Waals surface area contributed by atoms with Crippen LogP contribution in [0.5, 0.6) is 0 Å². The number of piperidine rings is 1. The Bertz CT molecular complexity index is 375. The molecule has 1 N–H and O–H groups in total. The molecule has 0 bridgehead atoms. The van der Waals surface area contributed by atoms with E-state index in [9.17, 15) is 0 Å². The van der Waals surface area contributed by atoms with Crippen LogP contribution in [0.2, 0.25) is 0 Å². The third-order valence-corrected chi connectivity index (χ3v) is 3.84. The molecule has 1 aliphatic heterocycles. The van der Waals surface area contributed by atoms with E-state index in [2.05, 4.69) is 29.2 Å². The van der Waals surface area contributed by atoms with E-state index in [1.807, 2.05) is 18.8 Å². The van der Waals surface area contributed by atoms with Gasteiger partial charge in [-0.2, -0.15) is 5.10 Å². The van der Waals surface area contributed by atoms with Gasteiger partial charge in [-0.3, -0.25) is 9.58 Å². The smallest absolute Gasteiger partial charge is 0.128 e. The molecule has 1 aliphatic rings. The lowest BCUT2D eigenvalue weighted by Gasteiger charge is -2.30. The highest BCUT2D eigenvalue weighted by Crippen LogP contribution is 2.23. The Morgan fingerprint density at radius 3 is 2.59 bits per heavy atom. The third-order valence-electron chi connectivity index (χ3n) is 3.84. The lowest BCUT2D eigenvalue weighted by molar-refractivity contribution is 0.185. The molecule has 17 heavy (non-hydrogen) atoms. The molecule has 0 saturated carbocycles. The van der Waals surface area contributed by atoms with Gasteiger partial charge in [0, 0.05) is 26.2 Å². The highest BCUT2D eigenvalue weighted by Gasteiger charge is 2.19. The van der Waals surface area contributed by atoms with Crippen molar-refractivity contribution in [2.24, 2.45) is 13.0 Å². The second kappa shape index (κ2) is 5.08. The summed E-state index contributed by atoms with van der Waals surface area (Å²) in [6.45, 7) is 7.92. The Morgan fingerprint density at radius 1 is 1.35 bits per heavy atom. The quantitative estimate of drug-likeness (QED) is 0.871. The molecule has 1 aromatic heterocycles. The summed E-state index contributed by atoms with van der Waals surface area (Å²) >= 11 is 0. The van der Waals surface area contributed by atoms with Crippen LogP contribution in [0.25, 0.3) is 0 Å². The van der Waals surface area contributed by atoms with Gasteiger partial charge in [-0.1, -0.05) is 6.92 Å². The van der Waals surface area contributed by atoms with Gasteiger partial charge in [0.15, 0.2) is 0 Å². The summed E-state index contributed by atoms with van der Waals surface area (Å²) in [6.07, 6.45) is 2.66. The Balaban J connectivity index is 2.08. The monoisotopic (exact) mass is 236 g/mol. The lowest BCUT2D eigenvalue weighted by atomic mass is 9.99. The molecule has 0 unspecified atom stereocenters. The molecule has 96 valence electrons. The Morgan fingerprint density at radius 2 is 2.00 bits per heavy atom. The van der Waals surface area contributed by atoms with Gasteiger partial charge in [0.2, 0.25) is 0 Å². The molecule has 0 spiro atoms. The molecule has 4 heteroatoms. The summed E-state index contributed by atoms with van der Waals surface area (Å²) in [5.74, 6) is 2.05. The number of likely N-dealkylation sites (tertiary alicyclic amines) is 1. The molecule has 0 radical (unpaired) electrons. The van der Waals surface area contributed by atoms with Crippen molar-refractivity contribution in [1.82, 2.24) is 14.7 Å². The fraction of sp³-hybridized carbons (Fsp3) is 0.769. The fourth-order valence-corrected chi connectivity index (χ4v) is 2.65. The summed E-state index contributed by atoms with van der Waals surface area (Å²) in [5.41, 5.74) is 2.50. The van der Waals surface area contributed by atoms with Gasteiger partial charge in [0.05, 0.1) is 5.69 Å². The molecule has 0 aromatic carbocycles. The standard InChI is InChI=1S/C13H24N4/c1-10-5-7-17(8-6-10)9-12-11(2)15-16(4)13(12)14-3/h10,14H,5-9H2,1-4H3. The topological polar surface area (TPSA) is 33.1 Å². The first-order valence-electron chi connectivity index (χ1n) is 6.54. The van der Waals surface area contributed by atoms with Gasteiger partial charge < -0.3 is 5.32 Å². The molecule has 0 atom stereocenters. The van der Waals surface area contributed by atoms with E-state index in [0.29, 0.717) is 0 Å². The van der Waals surface area contributed by atoms with Gasteiger partial charge in [-0.15, -0.1) is 0 Å². The van der Waals surface area contributed by atoms with Crippen LogP contribution < -0.4 is 5.32 Å². The van der Waals surface area contributed by atoms with Crippen LogP contribution in [0.15, 0.2) is 0 Å². The first kappa shape index (κ1) is 12.4. The second-order valence-corrected chi connectivity index (χ2v) is 5.24. The van der Waals surface area contributed by atoms with E-state index < -0.39 is 0 Å². The van der Waals surface area contributed by atoms with Crippen LogP contribution in [0.4, 0.5) is 5.82 Å². The molecule has 4 nitrogen and oxygen atoms in total. The summed E-state index contributed by atoms with van der Waals surface area (Å²) in [6, 6.07) is 0. The van der Waals surface area contributed by atoms with E-state index in [4.69, 9.17) is 0 Å². The van der Waals surface area contributed by atoms with Crippen molar-refractivity contribution in [2.45, 2.75) is 33.2 Å². The molecule has 2 heterocycles. The molecule has 0 amide bonds. The van der Waals surface area contributed by atoms with E-state index in [1.165, 1.54) is 31.5 Å². The zero-order valence-corrected chi connectivity index (χ0v) is 11.5. The minimum atomic E-state index is 0.894. The predicted octanol–water partition coefficient (Wildman–Crippen LogP) is 2.00. The van der Waals surface area contributed by atoms with Gasteiger partial charge >= 0.3 is 0 Å². The number of aryl methyl sites for hydroxylation is 2. The molecular formula is C13H24N4. The maximum Gasteiger partial charge on any atom is 0.128 e. The highest BCUT2D eigenvalue weighted by molar-refractivity contribution is 5.46. The van der Waals surface area contributed by atoms with Crippen molar-refractivity contribution in [3.8, 4) is 0 Å². The summed E-state index contributed by atoms with van der Waals surface area (Å²) in [5, 5.41) is 7.75. The largest absolute Gasteiger partial charge is 0.373 e. The van der Waals surface area contributed by atoms with E-state index in [-0.39, 0.29) is 0 Å². The number of nitrogens with zero attached hydrogens (tertiary/aromatic N) is 3. The van der Waals surface area contributed by atoms with Crippen molar-refractivity contribution >= 4 is 5.82 Å². The number of rotatable bonds is 3. The average Bonchev–Trinajstić information content (AvgIpc) is 2.57. The van der Waals surface area contributed by atoms with Gasteiger partial charge in [0.1, 0.15) is 5.82 Å². The third kappa shape index (κ3) is 2.63. The Labute approximate surface area is 104 Å². The molecular weight excluding hydrogens is 212 g/mol. The Hall–Kier alpha value is -1.03. The van der Waals surface area contributed by atoms with Gasteiger partial charge in [-0.05, 0) is 38.8 Å². The summed E-state index contributed by atoms with van der Waals surface area (Å²) < 4.78 is 1.94. The van der Waals surface area contributed by atoms with E-state index >= 15 is 0 Å². The number of nitrogens with one attached hydrogen (secondary N) is 1. The Kier molecular flexibility index (Phi) is 3.72. The maximum absolute atomic E-state index is 4.49. The summed E-state index contributed by atoms with van der Waals surface area (Å²) in [7, 11) is 3.97. The van der Waals surface area contributed by atoms with Crippen LogP contribution in [0.1, 0.15) is 31.0 Å². The van der Waals surface area contributed by atoms with Crippen LogP contribution >= 0.6 is 0 Å². The highest BCUT2D eigenvalue weighted by atomic mass is 15.3. The predicted molar refractivity (Wildman–Crippen MR) is 71.2 cm³/mol. The molecule has 2 rings (SSSR count). The first-order chi connectivity index (χ1) is 8.11. The number of aromatic nitrogens is 2. The molecule has 1 saturated heterocycles.